The summed E-state index contributed by atoms with van der Waals surface area (Å²) in [6.45, 7) is 1.22. The lowest BCUT2D eigenvalue weighted by Gasteiger charge is -2.42. The topological polar surface area (TPSA) is 88.5 Å². The van der Waals surface area contributed by atoms with Gasteiger partial charge in [-0.25, -0.2) is 8.42 Å². The minimum atomic E-state index is -3.73. The molecular weight excluding hydrogens is 497 g/mol. The van der Waals surface area contributed by atoms with E-state index in [1.54, 1.807) is 34.9 Å². The summed E-state index contributed by atoms with van der Waals surface area (Å²) >= 11 is 12.0. The van der Waals surface area contributed by atoms with Crippen molar-refractivity contribution in [1.29, 1.82) is 0 Å². The fraction of sp³-hybridized carbons (Fsp3) is 0.250. The van der Waals surface area contributed by atoms with Crippen LogP contribution in [-0.2, 0) is 16.6 Å². The predicted molar refractivity (Wildman–Crippen MR) is 131 cm³/mol. The van der Waals surface area contributed by atoms with Gasteiger partial charge >= 0.3 is 0 Å². The molecule has 3 aromatic rings. The number of nitrogens with one attached hydrogen (secondary N) is 1. The monoisotopic (exact) mass is 517 g/mol. The van der Waals surface area contributed by atoms with Crippen LogP contribution in [0.4, 0.5) is 5.69 Å². The number of fused-ring (bicyclic) bond motifs is 4. The maximum absolute atomic E-state index is 13.4. The molecule has 3 heterocycles. The number of aromatic nitrogens is 1. The van der Waals surface area contributed by atoms with Crippen molar-refractivity contribution < 1.29 is 13.2 Å². The Bertz CT molecular complexity index is 1440. The molecule has 7 nitrogen and oxygen atoms in total. The van der Waals surface area contributed by atoms with Crippen LogP contribution in [0.2, 0.25) is 10.0 Å². The number of amides is 1. The Kier molecular flexibility index (Phi) is 6.02. The third-order valence-electron chi connectivity index (χ3n) is 6.37. The number of benzene rings is 2. The SMILES string of the molecule is O=C(Nc1ccc(S(=O)(=O)N2CC3CC(C2)c2cccc(=O)n2C3)cc1)c1ccc(Cl)cc1Cl. The van der Waals surface area contributed by atoms with Crippen molar-refractivity contribution in [1.82, 2.24) is 8.87 Å². The summed E-state index contributed by atoms with van der Waals surface area (Å²) in [4.78, 5) is 24.9. The molecule has 1 fully saturated rings. The van der Waals surface area contributed by atoms with Crippen molar-refractivity contribution in [3.8, 4) is 0 Å². The van der Waals surface area contributed by atoms with Crippen LogP contribution in [0.3, 0.4) is 0 Å². The van der Waals surface area contributed by atoms with Gasteiger partial charge in [0.1, 0.15) is 0 Å². The highest BCUT2D eigenvalue weighted by Gasteiger charge is 2.39. The van der Waals surface area contributed by atoms with Crippen LogP contribution in [-0.4, -0.2) is 36.3 Å². The Balaban J connectivity index is 1.33. The fourth-order valence-corrected chi connectivity index (χ4v) is 6.84. The average molecular weight is 518 g/mol. The van der Waals surface area contributed by atoms with Gasteiger partial charge in [0.15, 0.2) is 0 Å². The highest BCUT2D eigenvalue weighted by Crippen LogP contribution is 2.37. The van der Waals surface area contributed by atoms with E-state index in [0.29, 0.717) is 30.3 Å². The van der Waals surface area contributed by atoms with Crippen LogP contribution in [0.25, 0.3) is 0 Å². The van der Waals surface area contributed by atoms with E-state index in [9.17, 15) is 18.0 Å². The molecule has 1 N–H and O–H groups in total. The van der Waals surface area contributed by atoms with E-state index in [-0.39, 0.29) is 32.9 Å². The predicted octanol–water partition coefficient (Wildman–Crippen LogP) is 4.22. The van der Waals surface area contributed by atoms with Crippen LogP contribution >= 0.6 is 23.2 Å². The first-order valence-corrected chi connectivity index (χ1v) is 13.0. The van der Waals surface area contributed by atoms with Crippen LogP contribution in [0, 0.1) is 5.92 Å². The van der Waals surface area contributed by atoms with Gasteiger partial charge in [0.05, 0.1) is 15.5 Å². The van der Waals surface area contributed by atoms with E-state index in [4.69, 9.17) is 23.2 Å². The number of carbonyl (C=O) groups excluding carboxylic acids is 1. The lowest BCUT2D eigenvalue weighted by molar-refractivity contribution is 0.102. The second kappa shape index (κ2) is 8.85. The number of hydrogen-bond acceptors (Lipinski definition) is 4. The number of carbonyl (C=O) groups is 1. The van der Waals surface area contributed by atoms with Crippen LogP contribution < -0.4 is 10.9 Å². The molecule has 2 atom stereocenters. The second-order valence-corrected chi connectivity index (χ2v) is 11.4. The molecule has 2 aromatic carbocycles. The quantitative estimate of drug-likeness (QED) is 0.561. The number of piperidine rings is 1. The lowest BCUT2D eigenvalue weighted by Crippen LogP contribution is -2.48. The van der Waals surface area contributed by atoms with Gasteiger partial charge in [0.25, 0.3) is 11.5 Å². The zero-order valence-electron chi connectivity index (χ0n) is 17.9. The molecule has 5 rings (SSSR count). The highest BCUT2D eigenvalue weighted by atomic mass is 35.5. The average Bonchev–Trinajstić information content (AvgIpc) is 2.80. The molecule has 0 spiro atoms. The Hall–Kier alpha value is -2.65. The highest BCUT2D eigenvalue weighted by molar-refractivity contribution is 7.89. The summed E-state index contributed by atoms with van der Waals surface area (Å²) in [5.74, 6) is -0.349. The molecule has 10 heteroatoms. The van der Waals surface area contributed by atoms with E-state index < -0.39 is 15.9 Å². The van der Waals surface area contributed by atoms with Gasteiger partial charge in [-0.1, -0.05) is 29.3 Å². The molecule has 34 heavy (non-hydrogen) atoms. The second-order valence-electron chi connectivity index (χ2n) is 8.62. The van der Waals surface area contributed by atoms with Crippen LogP contribution in [0.1, 0.15) is 28.4 Å². The first-order valence-electron chi connectivity index (χ1n) is 10.8. The van der Waals surface area contributed by atoms with Crippen molar-refractivity contribution in [2.24, 2.45) is 5.92 Å². The molecule has 2 aliphatic heterocycles. The maximum Gasteiger partial charge on any atom is 0.257 e. The molecule has 1 aromatic heterocycles. The summed E-state index contributed by atoms with van der Waals surface area (Å²) in [6.07, 6.45) is 0.869. The van der Waals surface area contributed by atoms with Crippen molar-refractivity contribution in [2.45, 2.75) is 23.8 Å². The van der Waals surface area contributed by atoms with Crippen molar-refractivity contribution in [3.63, 3.8) is 0 Å². The largest absolute Gasteiger partial charge is 0.322 e. The smallest absolute Gasteiger partial charge is 0.257 e. The normalized spacial score (nSPS) is 19.9. The van der Waals surface area contributed by atoms with Crippen LogP contribution in [0.5, 0.6) is 0 Å². The van der Waals surface area contributed by atoms with Gasteiger partial charge in [-0.05, 0) is 60.9 Å². The fourth-order valence-electron chi connectivity index (χ4n) is 4.78. The third-order valence-corrected chi connectivity index (χ3v) is 8.77. The van der Waals surface area contributed by atoms with Crippen molar-refractivity contribution in [3.05, 3.63) is 92.3 Å². The standard InChI is InChI=1S/C24H21Cl2N3O4S/c25-17-4-9-20(21(26)11-17)24(31)27-18-5-7-19(8-6-18)34(32,33)28-12-15-10-16(14-28)22-2-1-3-23(30)29(22)13-15/h1-9,11,15-16H,10,12-14H2,(H,27,31). The molecule has 1 amide bonds. The lowest BCUT2D eigenvalue weighted by atomic mass is 9.84. The summed E-state index contributed by atoms with van der Waals surface area (Å²) in [5, 5.41) is 3.37. The minimum Gasteiger partial charge on any atom is -0.322 e. The minimum absolute atomic E-state index is 0.0149. The summed E-state index contributed by atoms with van der Waals surface area (Å²) in [6, 6.07) is 15.8. The Morgan fingerprint density at radius 1 is 0.971 bits per heavy atom. The number of anilines is 1. The van der Waals surface area contributed by atoms with Crippen molar-refractivity contribution in [2.75, 3.05) is 18.4 Å². The molecule has 0 radical (unpaired) electrons. The number of halogens is 2. The third kappa shape index (κ3) is 4.27. The first-order chi connectivity index (χ1) is 16.2. The first kappa shape index (κ1) is 23.1. The number of hydrogen-bond donors (Lipinski definition) is 1. The van der Waals surface area contributed by atoms with Gasteiger partial charge < -0.3 is 9.88 Å². The maximum atomic E-state index is 13.4. The number of pyridine rings is 1. The number of sulfonamides is 1. The zero-order valence-corrected chi connectivity index (χ0v) is 20.3. The Labute approximate surface area is 207 Å². The number of rotatable bonds is 4. The molecular formula is C24H21Cl2N3O4S. The molecule has 0 aliphatic carbocycles. The van der Waals surface area contributed by atoms with Gasteiger partial charge in [0.2, 0.25) is 10.0 Å². The van der Waals surface area contributed by atoms with Gasteiger partial charge in [-0.2, -0.15) is 4.31 Å². The van der Waals surface area contributed by atoms with E-state index >= 15 is 0 Å². The molecule has 2 bridgehead atoms. The molecule has 2 aliphatic rings. The Morgan fingerprint density at radius 2 is 1.74 bits per heavy atom. The number of nitrogens with zero attached hydrogens (tertiary/aromatic N) is 2. The molecule has 176 valence electrons. The Morgan fingerprint density at radius 3 is 2.47 bits per heavy atom. The van der Waals surface area contributed by atoms with E-state index in [2.05, 4.69) is 5.32 Å². The molecule has 1 saturated heterocycles. The zero-order chi connectivity index (χ0) is 24.0. The van der Waals surface area contributed by atoms with Crippen LogP contribution in [0.15, 0.2) is 70.4 Å². The van der Waals surface area contributed by atoms with E-state index in [1.807, 2.05) is 6.07 Å². The summed E-state index contributed by atoms with van der Waals surface area (Å²) in [5.41, 5.74) is 1.56. The van der Waals surface area contributed by atoms with Gasteiger partial charge in [0, 0.05) is 48.0 Å². The molecule has 0 saturated carbocycles. The van der Waals surface area contributed by atoms with Crippen molar-refractivity contribution >= 4 is 44.8 Å². The summed E-state index contributed by atoms with van der Waals surface area (Å²) in [7, 11) is -3.73. The molecule has 2 unspecified atom stereocenters. The van der Waals surface area contributed by atoms with Gasteiger partial charge in [-0.3, -0.25) is 9.59 Å². The van der Waals surface area contributed by atoms with E-state index in [1.165, 1.54) is 28.6 Å². The summed E-state index contributed by atoms with van der Waals surface area (Å²) < 4.78 is 30.0. The van der Waals surface area contributed by atoms with E-state index in [0.717, 1.165) is 12.1 Å². The van der Waals surface area contributed by atoms with Gasteiger partial charge in [-0.15, -0.1) is 0 Å².